The van der Waals surface area contributed by atoms with Crippen molar-refractivity contribution < 1.29 is 14.3 Å². The van der Waals surface area contributed by atoms with Crippen LogP contribution in [0.15, 0.2) is 36.5 Å². The van der Waals surface area contributed by atoms with E-state index in [1.54, 1.807) is 29.1 Å². The number of amides is 1. The highest BCUT2D eigenvalue weighted by atomic mass is 35.5. The maximum Gasteiger partial charge on any atom is 0.271 e. The second-order valence-electron chi connectivity index (χ2n) is 5.65. The Morgan fingerprint density at radius 1 is 1.28 bits per heavy atom. The van der Waals surface area contributed by atoms with E-state index in [2.05, 4.69) is 15.3 Å². The number of para-hydroxylation sites is 1. The Kier molecular flexibility index (Phi) is 6.27. The van der Waals surface area contributed by atoms with Gasteiger partial charge in [0.25, 0.3) is 5.91 Å². The summed E-state index contributed by atoms with van der Waals surface area (Å²) in [5.74, 6) is 0.390. The van der Waals surface area contributed by atoms with Crippen LogP contribution in [0.1, 0.15) is 10.5 Å². The highest BCUT2D eigenvalue weighted by Crippen LogP contribution is 2.23. The molecule has 1 aromatic heterocycles. The van der Waals surface area contributed by atoms with Gasteiger partial charge in [-0.15, -0.1) is 0 Å². The fourth-order valence-electron chi connectivity index (χ4n) is 2.50. The predicted octanol–water partition coefficient (Wildman–Crippen LogP) is 1.63. The number of carbonyl (C=O) groups excluding carboxylic acids is 1. The fourth-order valence-corrected chi connectivity index (χ4v) is 2.69. The average Bonchev–Trinajstić information content (AvgIpc) is 3.11. The molecule has 1 fully saturated rings. The van der Waals surface area contributed by atoms with Crippen molar-refractivity contribution in [1.82, 2.24) is 20.0 Å². The second kappa shape index (κ2) is 8.84. The molecule has 7 nitrogen and oxygen atoms in total. The number of benzene rings is 1. The zero-order chi connectivity index (χ0) is 17.5. The van der Waals surface area contributed by atoms with Crippen molar-refractivity contribution in [3.63, 3.8) is 0 Å². The lowest BCUT2D eigenvalue weighted by molar-refractivity contribution is 0.0383. The maximum atomic E-state index is 12.1. The van der Waals surface area contributed by atoms with Crippen LogP contribution < -0.4 is 10.1 Å². The first kappa shape index (κ1) is 17.7. The average molecular weight is 365 g/mol. The zero-order valence-electron chi connectivity index (χ0n) is 13.9. The molecule has 1 amide bonds. The summed E-state index contributed by atoms with van der Waals surface area (Å²) in [5, 5.41) is 7.64. The molecule has 0 radical (unpaired) electrons. The van der Waals surface area contributed by atoms with Crippen LogP contribution in [0.5, 0.6) is 5.75 Å². The lowest BCUT2D eigenvalue weighted by atomic mass is 10.3. The van der Waals surface area contributed by atoms with Crippen LogP contribution in [0.25, 0.3) is 0 Å². The molecule has 0 unspecified atom stereocenters. The Balaban J connectivity index is 1.44. The molecule has 3 rings (SSSR count). The topological polar surface area (TPSA) is 68.6 Å². The number of hydrogen-bond acceptors (Lipinski definition) is 5. The van der Waals surface area contributed by atoms with E-state index in [9.17, 15) is 4.79 Å². The number of ether oxygens (including phenoxy) is 2. The van der Waals surface area contributed by atoms with Gasteiger partial charge in [0.15, 0.2) is 6.73 Å². The molecule has 1 saturated heterocycles. The van der Waals surface area contributed by atoms with Gasteiger partial charge in [0.05, 0.1) is 18.2 Å². The summed E-state index contributed by atoms with van der Waals surface area (Å²) >= 11 is 6.04. The molecular formula is C17H21ClN4O3. The third kappa shape index (κ3) is 5.19. The van der Waals surface area contributed by atoms with Gasteiger partial charge >= 0.3 is 0 Å². The van der Waals surface area contributed by atoms with E-state index < -0.39 is 0 Å². The molecule has 2 aromatic rings. The highest BCUT2D eigenvalue weighted by molar-refractivity contribution is 6.32. The Morgan fingerprint density at radius 3 is 2.88 bits per heavy atom. The predicted molar refractivity (Wildman–Crippen MR) is 93.9 cm³/mol. The van der Waals surface area contributed by atoms with Gasteiger partial charge in [-0.25, -0.2) is 4.68 Å². The van der Waals surface area contributed by atoms with Crippen LogP contribution in [-0.2, 0) is 11.5 Å². The number of morpholine rings is 1. The SMILES string of the molecule is O=C(NCCN1CCOCC1)c1ccn(COc2ccccc2Cl)n1. The molecule has 0 saturated carbocycles. The number of halogens is 1. The highest BCUT2D eigenvalue weighted by Gasteiger charge is 2.12. The summed E-state index contributed by atoms with van der Waals surface area (Å²) < 4.78 is 12.5. The molecule has 1 aliphatic rings. The van der Waals surface area contributed by atoms with Crippen molar-refractivity contribution in [3.8, 4) is 5.75 Å². The van der Waals surface area contributed by atoms with Crippen molar-refractivity contribution in [2.24, 2.45) is 0 Å². The molecule has 1 N–H and O–H groups in total. The monoisotopic (exact) mass is 364 g/mol. The summed E-state index contributed by atoms with van der Waals surface area (Å²) in [4.78, 5) is 14.4. The Morgan fingerprint density at radius 2 is 2.08 bits per heavy atom. The molecule has 0 spiro atoms. The fraction of sp³-hybridized carbons (Fsp3) is 0.412. The van der Waals surface area contributed by atoms with Gasteiger partial charge in [-0.1, -0.05) is 23.7 Å². The van der Waals surface area contributed by atoms with Crippen LogP contribution in [0.3, 0.4) is 0 Å². The minimum atomic E-state index is -0.190. The van der Waals surface area contributed by atoms with Crippen LogP contribution in [0, 0.1) is 0 Å². The summed E-state index contributed by atoms with van der Waals surface area (Å²) in [5.41, 5.74) is 0.365. The van der Waals surface area contributed by atoms with Crippen molar-refractivity contribution in [1.29, 1.82) is 0 Å². The first-order valence-corrected chi connectivity index (χ1v) is 8.59. The quantitative estimate of drug-likeness (QED) is 0.808. The number of rotatable bonds is 7. The van der Waals surface area contributed by atoms with Crippen LogP contribution in [-0.4, -0.2) is 60.0 Å². The first-order chi connectivity index (χ1) is 12.2. The van der Waals surface area contributed by atoms with Gasteiger partial charge in [0.1, 0.15) is 11.4 Å². The molecule has 134 valence electrons. The third-order valence-electron chi connectivity index (χ3n) is 3.88. The molecule has 1 aliphatic heterocycles. The van der Waals surface area contributed by atoms with Crippen molar-refractivity contribution in [2.75, 3.05) is 39.4 Å². The molecular weight excluding hydrogens is 344 g/mol. The lowest BCUT2D eigenvalue weighted by Gasteiger charge is -2.26. The van der Waals surface area contributed by atoms with Crippen LogP contribution in [0.2, 0.25) is 5.02 Å². The van der Waals surface area contributed by atoms with E-state index in [-0.39, 0.29) is 12.6 Å². The third-order valence-corrected chi connectivity index (χ3v) is 4.19. The van der Waals surface area contributed by atoms with Gasteiger partial charge in [0, 0.05) is 32.4 Å². The maximum absolute atomic E-state index is 12.1. The molecule has 0 bridgehead atoms. The molecule has 0 atom stereocenters. The van der Waals surface area contributed by atoms with E-state index in [4.69, 9.17) is 21.1 Å². The van der Waals surface area contributed by atoms with E-state index >= 15 is 0 Å². The Labute approximate surface area is 151 Å². The van der Waals surface area contributed by atoms with E-state index in [1.807, 2.05) is 12.1 Å². The normalized spacial score (nSPS) is 15.1. The van der Waals surface area contributed by atoms with Crippen molar-refractivity contribution >= 4 is 17.5 Å². The minimum absolute atomic E-state index is 0.185. The number of nitrogens with one attached hydrogen (secondary N) is 1. The molecule has 0 aliphatic carbocycles. The lowest BCUT2D eigenvalue weighted by Crippen LogP contribution is -2.41. The standard InChI is InChI=1S/C17H21ClN4O3/c18-14-3-1-2-4-16(14)25-13-22-7-5-15(20-22)17(23)19-6-8-21-9-11-24-12-10-21/h1-5,7H,6,8-13H2,(H,19,23). The number of aromatic nitrogens is 2. The molecule has 1 aromatic carbocycles. The Bertz CT molecular complexity index is 701. The van der Waals surface area contributed by atoms with Gasteiger partial charge in [-0.3, -0.25) is 9.69 Å². The molecule has 8 heteroatoms. The molecule has 25 heavy (non-hydrogen) atoms. The van der Waals surface area contributed by atoms with Crippen LogP contribution in [0.4, 0.5) is 0 Å². The Hall–Kier alpha value is -2.09. The van der Waals surface area contributed by atoms with Gasteiger partial charge < -0.3 is 14.8 Å². The summed E-state index contributed by atoms with van der Waals surface area (Å²) in [7, 11) is 0. The second-order valence-corrected chi connectivity index (χ2v) is 6.06. The largest absolute Gasteiger partial charge is 0.470 e. The molecule has 2 heterocycles. The smallest absolute Gasteiger partial charge is 0.271 e. The summed E-state index contributed by atoms with van der Waals surface area (Å²) in [6, 6.07) is 8.89. The summed E-state index contributed by atoms with van der Waals surface area (Å²) in [6.45, 7) is 4.90. The van der Waals surface area contributed by atoms with Crippen molar-refractivity contribution in [2.45, 2.75) is 6.73 Å². The number of nitrogens with zero attached hydrogens (tertiary/aromatic N) is 3. The van der Waals surface area contributed by atoms with E-state index in [0.717, 1.165) is 32.8 Å². The van der Waals surface area contributed by atoms with Crippen LogP contribution >= 0.6 is 11.6 Å². The number of carbonyl (C=O) groups is 1. The first-order valence-electron chi connectivity index (χ1n) is 8.21. The minimum Gasteiger partial charge on any atom is -0.470 e. The number of hydrogen-bond donors (Lipinski definition) is 1. The van der Waals surface area contributed by atoms with E-state index in [1.165, 1.54) is 0 Å². The van der Waals surface area contributed by atoms with Gasteiger partial charge in [-0.05, 0) is 18.2 Å². The zero-order valence-corrected chi connectivity index (χ0v) is 14.6. The van der Waals surface area contributed by atoms with Crippen molar-refractivity contribution in [3.05, 3.63) is 47.2 Å². The van der Waals surface area contributed by atoms with E-state index in [0.29, 0.717) is 23.0 Å². The van der Waals surface area contributed by atoms with Gasteiger partial charge in [-0.2, -0.15) is 5.10 Å². The summed E-state index contributed by atoms with van der Waals surface area (Å²) in [6.07, 6.45) is 1.70. The van der Waals surface area contributed by atoms with Gasteiger partial charge in [0.2, 0.25) is 0 Å².